The summed E-state index contributed by atoms with van der Waals surface area (Å²) in [6.07, 6.45) is -1.20. The van der Waals surface area contributed by atoms with Gasteiger partial charge in [0.15, 0.2) is 11.5 Å². The molecule has 6 nitrogen and oxygen atoms in total. The van der Waals surface area contributed by atoms with E-state index in [-0.39, 0.29) is 24.0 Å². The Balaban J connectivity index is 1.07. The Hall–Kier alpha value is -2.94. The van der Waals surface area contributed by atoms with E-state index in [4.69, 9.17) is 14.2 Å². The van der Waals surface area contributed by atoms with E-state index in [2.05, 4.69) is 17.0 Å². The summed E-state index contributed by atoms with van der Waals surface area (Å²) in [4.78, 5) is 16.4. The van der Waals surface area contributed by atoms with Crippen molar-refractivity contribution in [3.63, 3.8) is 0 Å². The van der Waals surface area contributed by atoms with Crippen molar-refractivity contribution in [3.8, 4) is 11.5 Å². The van der Waals surface area contributed by atoms with Crippen LogP contribution in [-0.2, 0) is 17.3 Å². The fourth-order valence-electron chi connectivity index (χ4n) is 5.27. The van der Waals surface area contributed by atoms with Crippen LogP contribution in [0, 0.1) is 5.92 Å². The van der Waals surface area contributed by atoms with Crippen LogP contribution in [0.3, 0.4) is 0 Å². The Kier molecular flexibility index (Phi) is 7.27. The highest BCUT2D eigenvalue weighted by atomic mass is 19.4. The number of hydrogen-bond donors (Lipinski definition) is 0. The van der Waals surface area contributed by atoms with Gasteiger partial charge in [0.2, 0.25) is 0 Å². The largest absolute Gasteiger partial charge is 0.486 e. The van der Waals surface area contributed by atoms with Crippen LogP contribution in [0.2, 0.25) is 0 Å². The second kappa shape index (κ2) is 10.6. The Bertz CT molecular complexity index is 1040. The van der Waals surface area contributed by atoms with Crippen LogP contribution in [0.25, 0.3) is 0 Å². The van der Waals surface area contributed by atoms with E-state index in [0.29, 0.717) is 38.0 Å². The standard InChI is InChI=1S/C27H31F3N2O4/c28-27(29,30)21-6-7-24-25(15-21)36-23(18-34-24)16-31-11-8-19(9-12-31)10-13-32-22(17-35-26(32)33)14-20-4-2-1-3-5-20/h1-7,15,19,22-23H,8-14,16-18H2. The van der Waals surface area contributed by atoms with E-state index in [9.17, 15) is 18.0 Å². The third kappa shape index (κ3) is 5.88. The third-order valence-electron chi connectivity index (χ3n) is 7.33. The zero-order valence-corrected chi connectivity index (χ0v) is 20.1. The molecule has 0 saturated carbocycles. The summed E-state index contributed by atoms with van der Waals surface area (Å²) in [6, 6.07) is 13.6. The predicted molar refractivity (Wildman–Crippen MR) is 127 cm³/mol. The summed E-state index contributed by atoms with van der Waals surface area (Å²) >= 11 is 0. The highest BCUT2D eigenvalue weighted by molar-refractivity contribution is 5.70. The highest BCUT2D eigenvalue weighted by Gasteiger charge is 2.35. The number of carbonyl (C=O) groups is 1. The van der Waals surface area contributed by atoms with Crippen LogP contribution in [0.1, 0.15) is 30.4 Å². The van der Waals surface area contributed by atoms with Gasteiger partial charge in [0.05, 0.1) is 11.6 Å². The molecule has 0 radical (unpaired) electrons. The lowest BCUT2D eigenvalue weighted by atomic mass is 9.93. The Labute approximate surface area is 208 Å². The van der Waals surface area contributed by atoms with Crippen molar-refractivity contribution in [2.24, 2.45) is 5.92 Å². The fourth-order valence-corrected chi connectivity index (χ4v) is 5.27. The minimum atomic E-state index is -4.42. The number of hydrogen-bond acceptors (Lipinski definition) is 5. The first-order valence-corrected chi connectivity index (χ1v) is 12.6. The van der Waals surface area contributed by atoms with Gasteiger partial charge >= 0.3 is 12.3 Å². The second-order valence-electron chi connectivity index (χ2n) is 9.86. The van der Waals surface area contributed by atoms with Gasteiger partial charge < -0.3 is 19.1 Å². The molecule has 0 N–H and O–H groups in total. The average Bonchev–Trinajstić information content (AvgIpc) is 3.22. The first-order chi connectivity index (χ1) is 17.3. The lowest BCUT2D eigenvalue weighted by Gasteiger charge is -2.36. The Morgan fingerprint density at radius 2 is 1.72 bits per heavy atom. The number of piperidine rings is 1. The van der Waals surface area contributed by atoms with Crippen LogP contribution < -0.4 is 9.47 Å². The maximum Gasteiger partial charge on any atom is 0.416 e. The van der Waals surface area contributed by atoms with Crippen molar-refractivity contribution >= 4 is 6.09 Å². The van der Waals surface area contributed by atoms with E-state index in [1.165, 1.54) is 11.6 Å². The Morgan fingerprint density at radius 3 is 2.47 bits per heavy atom. The zero-order chi connectivity index (χ0) is 25.1. The van der Waals surface area contributed by atoms with Gasteiger partial charge in [0.25, 0.3) is 0 Å². The summed E-state index contributed by atoms with van der Waals surface area (Å²) in [7, 11) is 0. The number of likely N-dealkylation sites (tertiary alicyclic amines) is 1. The summed E-state index contributed by atoms with van der Waals surface area (Å²) in [6.45, 7) is 3.83. The van der Waals surface area contributed by atoms with E-state index >= 15 is 0 Å². The molecule has 3 aliphatic heterocycles. The molecule has 0 bridgehead atoms. The summed E-state index contributed by atoms with van der Waals surface area (Å²) in [5.74, 6) is 1.02. The van der Waals surface area contributed by atoms with Crippen molar-refractivity contribution in [2.75, 3.05) is 39.4 Å². The van der Waals surface area contributed by atoms with Gasteiger partial charge in [-0.05, 0) is 68.5 Å². The molecule has 194 valence electrons. The van der Waals surface area contributed by atoms with Crippen molar-refractivity contribution in [1.82, 2.24) is 9.80 Å². The predicted octanol–water partition coefficient (Wildman–Crippen LogP) is 5.01. The molecule has 5 rings (SSSR count). The smallest absolute Gasteiger partial charge is 0.416 e. The monoisotopic (exact) mass is 504 g/mol. The normalized spacial score (nSPS) is 23.1. The molecule has 3 aliphatic rings. The number of amides is 1. The molecular weight excluding hydrogens is 473 g/mol. The van der Waals surface area contributed by atoms with E-state index in [1.54, 1.807) is 0 Å². The number of halogens is 3. The highest BCUT2D eigenvalue weighted by Crippen LogP contribution is 2.38. The lowest BCUT2D eigenvalue weighted by molar-refractivity contribution is -0.137. The molecule has 2 fully saturated rings. The molecule has 2 atom stereocenters. The van der Waals surface area contributed by atoms with Crippen LogP contribution in [0.5, 0.6) is 11.5 Å². The number of carbonyl (C=O) groups excluding carboxylic acids is 1. The number of rotatable bonds is 7. The van der Waals surface area contributed by atoms with Gasteiger partial charge in [-0.25, -0.2) is 4.79 Å². The third-order valence-corrected chi connectivity index (χ3v) is 7.33. The van der Waals surface area contributed by atoms with Gasteiger partial charge in [0, 0.05) is 13.1 Å². The molecule has 2 aromatic carbocycles. The maximum atomic E-state index is 13.0. The molecule has 9 heteroatoms. The van der Waals surface area contributed by atoms with Gasteiger partial charge in [0.1, 0.15) is 19.3 Å². The molecule has 1 amide bonds. The summed E-state index contributed by atoms with van der Waals surface area (Å²) < 4.78 is 56.0. The van der Waals surface area contributed by atoms with Gasteiger partial charge in [-0.2, -0.15) is 13.2 Å². The minimum Gasteiger partial charge on any atom is -0.486 e. The van der Waals surface area contributed by atoms with Crippen LogP contribution in [0.15, 0.2) is 48.5 Å². The lowest BCUT2D eigenvalue weighted by Crippen LogP contribution is -2.44. The number of alkyl halides is 3. The van der Waals surface area contributed by atoms with Gasteiger partial charge in [-0.1, -0.05) is 30.3 Å². The molecule has 0 spiro atoms. The number of ether oxygens (including phenoxy) is 3. The van der Waals surface area contributed by atoms with Crippen molar-refractivity contribution in [1.29, 1.82) is 0 Å². The van der Waals surface area contributed by atoms with Gasteiger partial charge in [-0.15, -0.1) is 0 Å². The zero-order valence-electron chi connectivity index (χ0n) is 20.1. The molecule has 2 unspecified atom stereocenters. The van der Waals surface area contributed by atoms with Crippen molar-refractivity contribution in [2.45, 2.75) is 44.0 Å². The number of benzene rings is 2. The van der Waals surface area contributed by atoms with E-state index in [1.807, 2.05) is 23.1 Å². The second-order valence-corrected chi connectivity index (χ2v) is 9.86. The molecule has 3 heterocycles. The van der Waals surface area contributed by atoms with Gasteiger partial charge in [-0.3, -0.25) is 4.90 Å². The molecule has 36 heavy (non-hydrogen) atoms. The molecule has 0 aromatic heterocycles. The van der Waals surface area contributed by atoms with E-state index < -0.39 is 11.7 Å². The first-order valence-electron chi connectivity index (χ1n) is 12.6. The van der Waals surface area contributed by atoms with Crippen molar-refractivity contribution in [3.05, 3.63) is 59.7 Å². The van der Waals surface area contributed by atoms with Crippen LogP contribution in [-0.4, -0.2) is 67.4 Å². The number of cyclic esters (lactones) is 1. The fraction of sp³-hybridized carbons (Fsp3) is 0.519. The van der Waals surface area contributed by atoms with Crippen molar-refractivity contribution < 1.29 is 32.2 Å². The molecule has 0 aliphatic carbocycles. The molecular formula is C27H31F3N2O4. The van der Waals surface area contributed by atoms with Crippen LogP contribution in [0.4, 0.5) is 18.0 Å². The average molecular weight is 505 g/mol. The number of fused-ring (bicyclic) bond motifs is 1. The summed E-state index contributed by atoms with van der Waals surface area (Å²) in [5, 5.41) is 0. The molecule has 2 aromatic rings. The SMILES string of the molecule is O=C1OCC(Cc2ccccc2)N1CCC1CCN(CC2COc3ccc(C(F)(F)F)cc3O2)CC1. The minimum absolute atomic E-state index is 0.0733. The Morgan fingerprint density at radius 1 is 0.944 bits per heavy atom. The first kappa shape index (κ1) is 24.7. The topological polar surface area (TPSA) is 51.2 Å². The maximum absolute atomic E-state index is 13.0. The quantitative estimate of drug-likeness (QED) is 0.531. The summed E-state index contributed by atoms with van der Waals surface area (Å²) in [5.41, 5.74) is 0.462. The number of nitrogens with zero attached hydrogens (tertiary/aromatic N) is 2. The van der Waals surface area contributed by atoms with E-state index in [0.717, 1.165) is 50.9 Å². The molecule has 2 saturated heterocycles. The van der Waals surface area contributed by atoms with Crippen LogP contribution >= 0.6 is 0 Å².